The van der Waals surface area contributed by atoms with Crippen molar-refractivity contribution in [3.05, 3.63) is 30.3 Å². The highest BCUT2D eigenvalue weighted by atomic mass is 16.5. The van der Waals surface area contributed by atoms with Crippen LogP contribution in [0.4, 0.5) is 5.69 Å². The predicted molar refractivity (Wildman–Crippen MR) is 83.9 cm³/mol. The zero-order valence-electron chi connectivity index (χ0n) is 12.3. The number of aliphatic imine (C=N–C) groups is 1. The van der Waals surface area contributed by atoms with Crippen molar-refractivity contribution in [1.29, 1.82) is 0 Å². The van der Waals surface area contributed by atoms with E-state index < -0.39 is 0 Å². The summed E-state index contributed by atoms with van der Waals surface area (Å²) >= 11 is 0. The summed E-state index contributed by atoms with van der Waals surface area (Å²) in [6, 6.07) is 9.91. The van der Waals surface area contributed by atoms with Crippen molar-refractivity contribution in [1.82, 2.24) is 0 Å². The van der Waals surface area contributed by atoms with Crippen molar-refractivity contribution in [2.24, 2.45) is 16.1 Å². The van der Waals surface area contributed by atoms with Crippen LogP contribution >= 0.6 is 0 Å². The number of guanidine groups is 1. The molecule has 3 N–H and O–H groups in total. The molecule has 1 aromatic carbocycles. The molecule has 0 spiro atoms. The normalized spacial score (nSPS) is 18.1. The van der Waals surface area contributed by atoms with E-state index in [0.717, 1.165) is 25.3 Å². The monoisotopic (exact) mass is 275 g/mol. The molecule has 0 heterocycles. The molecule has 4 heteroatoms. The zero-order valence-corrected chi connectivity index (χ0v) is 12.3. The highest BCUT2D eigenvalue weighted by molar-refractivity contribution is 5.92. The minimum atomic E-state index is 0.291. The molecule has 0 radical (unpaired) electrons. The summed E-state index contributed by atoms with van der Waals surface area (Å²) in [5, 5.41) is 3.14. The number of methoxy groups -OCH3 is 1. The first-order valence-electron chi connectivity index (χ1n) is 7.35. The molecule has 0 aromatic heterocycles. The van der Waals surface area contributed by atoms with Gasteiger partial charge in [0.25, 0.3) is 0 Å². The van der Waals surface area contributed by atoms with Gasteiger partial charge in [-0.25, -0.2) is 0 Å². The van der Waals surface area contributed by atoms with E-state index in [4.69, 9.17) is 10.5 Å². The number of nitrogens with two attached hydrogens (primary N) is 1. The van der Waals surface area contributed by atoms with Crippen molar-refractivity contribution in [2.75, 3.05) is 25.6 Å². The Balaban J connectivity index is 1.92. The van der Waals surface area contributed by atoms with Crippen LogP contribution in [0.2, 0.25) is 0 Å². The predicted octanol–water partition coefficient (Wildman–Crippen LogP) is 3.01. The zero-order chi connectivity index (χ0) is 14.3. The molecule has 0 bridgehead atoms. The maximum Gasteiger partial charge on any atom is 0.193 e. The fraction of sp³-hybridized carbons (Fsp3) is 0.562. The van der Waals surface area contributed by atoms with Crippen LogP contribution in [0.25, 0.3) is 0 Å². The highest BCUT2D eigenvalue weighted by Crippen LogP contribution is 2.41. The average Bonchev–Trinajstić information content (AvgIpc) is 2.94. The maximum absolute atomic E-state index is 5.98. The Bertz CT molecular complexity index is 425. The number of ether oxygens (including phenoxy) is 1. The van der Waals surface area contributed by atoms with Gasteiger partial charge >= 0.3 is 0 Å². The lowest BCUT2D eigenvalue weighted by molar-refractivity contribution is 0.141. The number of rotatable bonds is 6. The van der Waals surface area contributed by atoms with Crippen molar-refractivity contribution in [2.45, 2.75) is 32.1 Å². The lowest BCUT2D eigenvalue weighted by Crippen LogP contribution is -2.28. The molecule has 4 nitrogen and oxygen atoms in total. The van der Waals surface area contributed by atoms with Gasteiger partial charge in [-0.05, 0) is 36.8 Å². The minimum Gasteiger partial charge on any atom is -0.385 e. The fourth-order valence-corrected chi connectivity index (χ4v) is 2.89. The first-order chi connectivity index (χ1) is 9.74. The van der Waals surface area contributed by atoms with Crippen molar-refractivity contribution < 1.29 is 4.74 Å². The third-order valence-electron chi connectivity index (χ3n) is 4.13. The quantitative estimate of drug-likeness (QED) is 0.620. The molecule has 0 atom stereocenters. The van der Waals surface area contributed by atoms with E-state index in [1.807, 2.05) is 30.3 Å². The summed E-state index contributed by atoms with van der Waals surface area (Å²) in [5.41, 5.74) is 7.25. The number of anilines is 1. The topological polar surface area (TPSA) is 59.6 Å². The SMILES string of the molecule is COCCC1(CN=C(N)Nc2ccccc2)CCCC1. The Hall–Kier alpha value is -1.55. The van der Waals surface area contributed by atoms with E-state index in [1.165, 1.54) is 25.7 Å². The van der Waals surface area contributed by atoms with Crippen molar-refractivity contribution in [3.8, 4) is 0 Å². The standard InChI is InChI=1S/C16H25N3O/c1-20-12-11-16(9-5-6-10-16)13-18-15(17)19-14-7-3-2-4-8-14/h2-4,7-8H,5-6,9-13H2,1H3,(H3,17,18,19). The second kappa shape index (κ2) is 7.29. The molecule has 1 aliphatic rings. The summed E-state index contributed by atoms with van der Waals surface area (Å²) in [7, 11) is 1.76. The Morgan fingerprint density at radius 1 is 1.30 bits per heavy atom. The Morgan fingerprint density at radius 2 is 2.00 bits per heavy atom. The van der Waals surface area contributed by atoms with Crippen LogP contribution in [0.1, 0.15) is 32.1 Å². The Labute approximate surface area is 121 Å². The van der Waals surface area contributed by atoms with Gasteiger partial charge in [0.05, 0.1) is 0 Å². The molecule has 20 heavy (non-hydrogen) atoms. The van der Waals surface area contributed by atoms with E-state index in [-0.39, 0.29) is 0 Å². The van der Waals surface area contributed by atoms with E-state index in [0.29, 0.717) is 11.4 Å². The maximum atomic E-state index is 5.98. The van der Waals surface area contributed by atoms with Gasteiger partial charge in [0.15, 0.2) is 5.96 Å². The van der Waals surface area contributed by atoms with Gasteiger partial charge in [0, 0.05) is 25.9 Å². The summed E-state index contributed by atoms with van der Waals surface area (Å²) in [6.45, 7) is 1.60. The van der Waals surface area contributed by atoms with Gasteiger partial charge < -0.3 is 15.8 Å². The summed E-state index contributed by atoms with van der Waals surface area (Å²) < 4.78 is 5.24. The highest BCUT2D eigenvalue weighted by Gasteiger charge is 2.33. The van der Waals surface area contributed by atoms with Gasteiger partial charge in [-0.15, -0.1) is 0 Å². The molecule has 1 aromatic rings. The number of nitrogens with zero attached hydrogens (tertiary/aromatic N) is 1. The minimum absolute atomic E-state index is 0.291. The molecule has 0 aliphatic heterocycles. The largest absolute Gasteiger partial charge is 0.385 e. The number of nitrogens with one attached hydrogen (secondary N) is 1. The van der Waals surface area contributed by atoms with E-state index in [9.17, 15) is 0 Å². The number of hydrogen-bond acceptors (Lipinski definition) is 2. The van der Waals surface area contributed by atoms with Crippen LogP contribution in [-0.4, -0.2) is 26.2 Å². The van der Waals surface area contributed by atoms with Crippen LogP contribution in [-0.2, 0) is 4.74 Å². The summed E-state index contributed by atoms with van der Waals surface area (Å²) in [4.78, 5) is 4.55. The van der Waals surface area contributed by atoms with Crippen LogP contribution in [0.5, 0.6) is 0 Å². The first kappa shape index (κ1) is 14.9. The molecule has 0 unspecified atom stereocenters. The Kier molecular flexibility index (Phi) is 5.41. The lowest BCUT2D eigenvalue weighted by atomic mass is 9.83. The first-order valence-corrected chi connectivity index (χ1v) is 7.35. The second-order valence-electron chi connectivity index (χ2n) is 5.64. The molecule has 1 fully saturated rings. The van der Waals surface area contributed by atoms with Gasteiger partial charge in [-0.2, -0.15) is 0 Å². The van der Waals surface area contributed by atoms with E-state index in [2.05, 4.69) is 10.3 Å². The average molecular weight is 275 g/mol. The number of hydrogen-bond donors (Lipinski definition) is 2. The number of benzene rings is 1. The lowest BCUT2D eigenvalue weighted by Gasteiger charge is -2.26. The van der Waals surface area contributed by atoms with Gasteiger partial charge in [-0.3, -0.25) is 4.99 Å². The molecule has 2 rings (SSSR count). The molecule has 0 saturated heterocycles. The van der Waals surface area contributed by atoms with Crippen LogP contribution in [0.15, 0.2) is 35.3 Å². The molecular formula is C16H25N3O. The van der Waals surface area contributed by atoms with E-state index >= 15 is 0 Å². The molecule has 1 saturated carbocycles. The summed E-state index contributed by atoms with van der Waals surface area (Å²) in [5.74, 6) is 0.500. The van der Waals surface area contributed by atoms with Crippen molar-refractivity contribution in [3.63, 3.8) is 0 Å². The van der Waals surface area contributed by atoms with Crippen molar-refractivity contribution >= 4 is 11.6 Å². The Morgan fingerprint density at radius 3 is 2.65 bits per heavy atom. The van der Waals surface area contributed by atoms with Gasteiger partial charge in [-0.1, -0.05) is 31.0 Å². The fourth-order valence-electron chi connectivity index (χ4n) is 2.89. The molecule has 0 amide bonds. The molecule has 110 valence electrons. The van der Waals surface area contributed by atoms with Crippen LogP contribution in [0, 0.1) is 5.41 Å². The van der Waals surface area contributed by atoms with E-state index in [1.54, 1.807) is 7.11 Å². The molecular weight excluding hydrogens is 250 g/mol. The van der Waals surface area contributed by atoms with Crippen LogP contribution < -0.4 is 11.1 Å². The van der Waals surface area contributed by atoms with Crippen LogP contribution in [0.3, 0.4) is 0 Å². The van der Waals surface area contributed by atoms with Gasteiger partial charge in [0.1, 0.15) is 0 Å². The van der Waals surface area contributed by atoms with Gasteiger partial charge in [0.2, 0.25) is 0 Å². The smallest absolute Gasteiger partial charge is 0.193 e. The third kappa shape index (κ3) is 4.23. The third-order valence-corrected chi connectivity index (χ3v) is 4.13. The molecule has 1 aliphatic carbocycles. The summed E-state index contributed by atoms with van der Waals surface area (Å²) in [6.07, 6.45) is 6.14. The number of para-hydroxylation sites is 1. The second-order valence-corrected chi connectivity index (χ2v) is 5.64.